The van der Waals surface area contributed by atoms with Crippen LogP contribution in [0.3, 0.4) is 0 Å². The predicted molar refractivity (Wildman–Crippen MR) is 51.0 cm³/mol. The summed E-state index contributed by atoms with van der Waals surface area (Å²) < 4.78 is 12.9. The van der Waals surface area contributed by atoms with Crippen LogP contribution >= 0.6 is 0 Å². The normalized spacial score (nSPS) is 26.1. The molecule has 0 unspecified atom stereocenters. The van der Waals surface area contributed by atoms with Crippen molar-refractivity contribution in [3.63, 3.8) is 0 Å². The molecule has 0 amide bonds. The highest BCUT2D eigenvalue weighted by Gasteiger charge is 2.37. The van der Waals surface area contributed by atoms with Crippen LogP contribution in [0.2, 0.25) is 0 Å². The Morgan fingerprint density at radius 3 is 2.92 bits per heavy atom. The molecule has 0 saturated heterocycles. The van der Waals surface area contributed by atoms with E-state index in [0.717, 1.165) is 18.5 Å². The Hall–Kier alpha value is -0.890. The third-order valence-corrected chi connectivity index (χ3v) is 2.87. The lowest BCUT2D eigenvalue weighted by Gasteiger charge is -2.04. The van der Waals surface area contributed by atoms with Crippen LogP contribution in [0.1, 0.15) is 23.5 Å². The van der Waals surface area contributed by atoms with Crippen LogP contribution in [0.15, 0.2) is 18.2 Å². The molecule has 13 heavy (non-hydrogen) atoms. The number of nitrogens with two attached hydrogens (primary N) is 1. The number of benzene rings is 1. The van der Waals surface area contributed by atoms with Gasteiger partial charge in [-0.1, -0.05) is 6.07 Å². The van der Waals surface area contributed by atoms with Gasteiger partial charge in [-0.15, -0.1) is 0 Å². The van der Waals surface area contributed by atoms with Gasteiger partial charge in [0, 0.05) is 0 Å². The highest BCUT2D eigenvalue weighted by atomic mass is 19.1. The number of hydrogen-bond donors (Lipinski definition) is 1. The summed E-state index contributed by atoms with van der Waals surface area (Å²) in [5.74, 6) is 0.962. The molecule has 1 aromatic rings. The minimum absolute atomic E-state index is 0.136. The van der Waals surface area contributed by atoms with Gasteiger partial charge >= 0.3 is 0 Å². The summed E-state index contributed by atoms with van der Waals surface area (Å²) in [6.07, 6.45) is 1.13. The summed E-state index contributed by atoms with van der Waals surface area (Å²) in [5, 5.41) is 0. The first-order valence-electron chi connectivity index (χ1n) is 4.68. The molecule has 1 aliphatic carbocycles. The second-order valence-corrected chi connectivity index (χ2v) is 3.84. The average molecular weight is 179 g/mol. The number of hydrogen-bond acceptors (Lipinski definition) is 1. The second kappa shape index (κ2) is 3.11. The maximum Gasteiger partial charge on any atom is 0.123 e. The SMILES string of the molecule is Cc1ccc(F)cc1[C@@H]1C[C@H]1CN. The first-order chi connectivity index (χ1) is 6.22. The lowest BCUT2D eigenvalue weighted by Crippen LogP contribution is -2.02. The van der Waals surface area contributed by atoms with E-state index in [1.54, 1.807) is 6.07 Å². The summed E-state index contributed by atoms with van der Waals surface area (Å²) in [4.78, 5) is 0. The van der Waals surface area contributed by atoms with Crippen LogP contribution in [0.4, 0.5) is 4.39 Å². The molecule has 2 atom stereocenters. The van der Waals surface area contributed by atoms with E-state index in [2.05, 4.69) is 0 Å². The first-order valence-corrected chi connectivity index (χ1v) is 4.68. The molecule has 1 fully saturated rings. The summed E-state index contributed by atoms with van der Waals surface area (Å²) in [6, 6.07) is 5.00. The Kier molecular flexibility index (Phi) is 2.08. The van der Waals surface area contributed by atoms with Gasteiger partial charge in [-0.2, -0.15) is 0 Å². The van der Waals surface area contributed by atoms with E-state index in [-0.39, 0.29) is 5.82 Å². The molecular weight excluding hydrogens is 165 g/mol. The molecule has 2 rings (SSSR count). The van der Waals surface area contributed by atoms with Crippen LogP contribution in [0, 0.1) is 18.7 Å². The van der Waals surface area contributed by atoms with E-state index in [1.807, 2.05) is 13.0 Å². The van der Waals surface area contributed by atoms with E-state index in [9.17, 15) is 4.39 Å². The first kappa shape index (κ1) is 8.70. The van der Waals surface area contributed by atoms with Gasteiger partial charge in [0.2, 0.25) is 0 Å². The zero-order chi connectivity index (χ0) is 9.42. The maximum absolute atomic E-state index is 12.9. The monoisotopic (exact) mass is 179 g/mol. The Bertz CT molecular complexity index is 322. The molecule has 0 spiro atoms. The second-order valence-electron chi connectivity index (χ2n) is 3.84. The summed E-state index contributed by atoms with van der Waals surface area (Å²) in [5.41, 5.74) is 7.89. The summed E-state index contributed by atoms with van der Waals surface area (Å²) in [7, 11) is 0. The molecule has 70 valence electrons. The van der Waals surface area contributed by atoms with Gasteiger partial charge in [0.1, 0.15) is 5.82 Å². The third-order valence-electron chi connectivity index (χ3n) is 2.87. The minimum Gasteiger partial charge on any atom is -0.330 e. The fourth-order valence-electron chi connectivity index (χ4n) is 1.90. The molecule has 1 aromatic carbocycles. The van der Waals surface area contributed by atoms with E-state index in [1.165, 1.54) is 11.6 Å². The summed E-state index contributed by atoms with van der Waals surface area (Å²) in [6.45, 7) is 2.75. The van der Waals surface area contributed by atoms with E-state index in [0.29, 0.717) is 11.8 Å². The molecule has 1 aliphatic rings. The van der Waals surface area contributed by atoms with Crippen molar-refractivity contribution in [2.24, 2.45) is 11.7 Å². The van der Waals surface area contributed by atoms with Crippen molar-refractivity contribution in [2.75, 3.05) is 6.54 Å². The molecule has 0 radical (unpaired) electrons. The molecule has 0 aromatic heterocycles. The van der Waals surface area contributed by atoms with Crippen LogP contribution in [0.5, 0.6) is 0 Å². The van der Waals surface area contributed by atoms with Crippen molar-refractivity contribution in [3.05, 3.63) is 35.1 Å². The molecule has 0 bridgehead atoms. The van der Waals surface area contributed by atoms with Gasteiger partial charge in [-0.05, 0) is 55.0 Å². The lowest BCUT2D eigenvalue weighted by atomic mass is 10.0. The lowest BCUT2D eigenvalue weighted by molar-refractivity contribution is 0.624. The van der Waals surface area contributed by atoms with Crippen molar-refractivity contribution < 1.29 is 4.39 Å². The Morgan fingerprint density at radius 2 is 2.31 bits per heavy atom. The van der Waals surface area contributed by atoms with E-state index < -0.39 is 0 Å². The number of aryl methyl sites for hydroxylation is 1. The third kappa shape index (κ3) is 1.59. The number of halogens is 1. The fourth-order valence-corrected chi connectivity index (χ4v) is 1.90. The largest absolute Gasteiger partial charge is 0.330 e. The van der Waals surface area contributed by atoms with Gasteiger partial charge in [-0.3, -0.25) is 0 Å². The van der Waals surface area contributed by atoms with Crippen LogP contribution in [-0.4, -0.2) is 6.54 Å². The van der Waals surface area contributed by atoms with Crippen molar-refractivity contribution >= 4 is 0 Å². The number of rotatable bonds is 2. The van der Waals surface area contributed by atoms with Crippen molar-refractivity contribution in [2.45, 2.75) is 19.3 Å². The van der Waals surface area contributed by atoms with Crippen LogP contribution in [-0.2, 0) is 0 Å². The highest BCUT2D eigenvalue weighted by molar-refractivity contribution is 5.34. The topological polar surface area (TPSA) is 26.0 Å². The Balaban J connectivity index is 2.25. The molecule has 0 heterocycles. The van der Waals surface area contributed by atoms with E-state index in [4.69, 9.17) is 5.73 Å². The standard InChI is InChI=1S/C11H14FN/c1-7-2-3-9(12)5-10(7)11-4-8(11)6-13/h2-3,5,8,11H,4,6,13H2,1H3/t8-,11+/m0/s1. The van der Waals surface area contributed by atoms with Crippen LogP contribution < -0.4 is 5.73 Å². The smallest absolute Gasteiger partial charge is 0.123 e. The maximum atomic E-state index is 12.9. The molecule has 1 nitrogen and oxygen atoms in total. The fraction of sp³-hybridized carbons (Fsp3) is 0.455. The Morgan fingerprint density at radius 1 is 1.54 bits per heavy atom. The summed E-state index contributed by atoms with van der Waals surface area (Å²) >= 11 is 0. The molecule has 2 heteroatoms. The van der Waals surface area contributed by atoms with Crippen LogP contribution in [0.25, 0.3) is 0 Å². The van der Waals surface area contributed by atoms with Crippen molar-refractivity contribution in [3.8, 4) is 0 Å². The molecule has 2 N–H and O–H groups in total. The zero-order valence-electron chi connectivity index (χ0n) is 7.76. The van der Waals surface area contributed by atoms with Gasteiger partial charge < -0.3 is 5.73 Å². The Labute approximate surface area is 77.8 Å². The minimum atomic E-state index is -0.136. The molecular formula is C11H14FN. The van der Waals surface area contributed by atoms with Crippen molar-refractivity contribution in [1.29, 1.82) is 0 Å². The zero-order valence-corrected chi connectivity index (χ0v) is 7.76. The van der Waals surface area contributed by atoms with Crippen molar-refractivity contribution in [1.82, 2.24) is 0 Å². The quantitative estimate of drug-likeness (QED) is 0.740. The van der Waals surface area contributed by atoms with Gasteiger partial charge in [-0.25, -0.2) is 4.39 Å². The van der Waals surface area contributed by atoms with E-state index >= 15 is 0 Å². The highest BCUT2D eigenvalue weighted by Crippen LogP contribution is 2.47. The van der Waals surface area contributed by atoms with Gasteiger partial charge in [0.15, 0.2) is 0 Å². The van der Waals surface area contributed by atoms with Gasteiger partial charge in [0.25, 0.3) is 0 Å². The molecule has 1 saturated carbocycles. The predicted octanol–water partition coefficient (Wildman–Crippen LogP) is 2.20. The molecule has 0 aliphatic heterocycles. The van der Waals surface area contributed by atoms with Gasteiger partial charge in [0.05, 0.1) is 0 Å². The average Bonchev–Trinajstić information content (AvgIpc) is 2.88.